The van der Waals surface area contributed by atoms with Crippen LogP contribution in [0.3, 0.4) is 0 Å². The highest BCUT2D eigenvalue weighted by atomic mass is 32.2. The second-order valence-electron chi connectivity index (χ2n) is 5.84. The zero-order valence-electron chi connectivity index (χ0n) is 11.3. The van der Waals surface area contributed by atoms with Crippen LogP contribution in [-0.4, -0.2) is 19.9 Å². The molecule has 1 aromatic carbocycles. The molecule has 0 aliphatic heterocycles. The predicted molar refractivity (Wildman–Crippen MR) is 77.4 cm³/mol. The number of nitrogens with two attached hydrogens (primary N) is 1. The Kier molecular flexibility index (Phi) is 3.32. The fourth-order valence-corrected chi connectivity index (χ4v) is 3.19. The summed E-state index contributed by atoms with van der Waals surface area (Å²) < 4.78 is 27.2. The number of sulfonamides is 1. The fraction of sp³-hybridized carbons (Fsp3) is 0.385. The van der Waals surface area contributed by atoms with Gasteiger partial charge in [-0.15, -0.1) is 0 Å². The van der Waals surface area contributed by atoms with E-state index in [1.54, 1.807) is 18.2 Å². The van der Waals surface area contributed by atoms with Gasteiger partial charge in [0.25, 0.3) is 0 Å². The lowest BCUT2D eigenvalue weighted by Gasteiger charge is -2.18. The van der Waals surface area contributed by atoms with Gasteiger partial charge in [0, 0.05) is 29.3 Å². The number of benzene rings is 1. The molecule has 0 fully saturated rings. The molecule has 6 heteroatoms. The van der Waals surface area contributed by atoms with Gasteiger partial charge in [0.1, 0.15) is 4.90 Å². The second kappa shape index (κ2) is 4.54. The normalized spacial score (nSPS) is 13.0. The lowest BCUT2D eigenvalue weighted by Crippen LogP contribution is -2.32. The zero-order chi connectivity index (χ0) is 14.3. The number of hydrogen-bond donors (Lipinski definition) is 3. The maximum absolute atomic E-state index is 12.3. The summed E-state index contributed by atoms with van der Waals surface area (Å²) in [6.07, 6.45) is 1.50. The summed E-state index contributed by atoms with van der Waals surface area (Å²) in [5.74, 6) is 0. The fourth-order valence-electron chi connectivity index (χ4n) is 1.73. The largest absolute Gasteiger partial charge is 0.399 e. The number of nitrogen functional groups attached to an aromatic ring is 1. The van der Waals surface area contributed by atoms with Gasteiger partial charge in [-0.1, -0.05) is 20.8 Å². The minimum Gasteiger partial charge on any atom is -0.399 e. The summed E-state index contributed by atoms with van der Waals surface area (Å²) in [6.45, 7) is 6.32. The van der Waals surface area contributed by atoms with Crippen molar-refractivity contribution in [1.29, 1.82) is 0 Å². The van der Waals surface area contributed by atoms with Crippen molar-refractivity contribution in [3.05, 3.63) is 24.4 Å². The van der Waals surface area contributed by atoms with Crippen LogP contribution in [0.5, 0.6) is 0 Å². The molecule has 0 aliphatic rings. The third-order valence-electron chi connectivity index (χ3n) is 2.75. The molecule has 0 saturated carbocycles. The van der Waals surface area contributed by atoms with Crippen molar-refractivity contribution >= 4 is 26.6 Å². The number of fused-ring (bicyclic) bond motifs is 1. The van der Waals surface area contributed by atoms with Crippen molar-refractivity contribution in [2.24, 2.45) is 5.41 Å². The molecule has 0 spiro atoms. The Morgan fingerprint density at radius 3 is 2.63 bits per heavy atom. The molecule has 0 saturated heterocycles. The van der Waals surface area contributed by atoms with Crippen LogP contribution in [0.2, 0.25) is 0 Å². The Labute approximate surface area is 113 Å². The first kappa shape index (κ1) is 13.9. The molecular formula is C13H19N3O2S. The standard InChI is InChI=1S/C13H19N3O2S/c1-13(2,3)8-16-19(17,18)12-7-15-11-6-9(14)4-5-10(11)12/h4-7,15-16H,8,14H2,1-3H3. The first-order valence-corrected chi connectivity index (χ1v) is 7.54. The molecule has 2 aromatic rings. The maximum Gasteiger partial charge on any atom is 0.242 e. The first-order chi connectivity index (χ1) is 8.69. The van der Waals surface area contributed by atoms with Gasteiger partial charge in [-0.05, 0) is 23.6 Å². The molecule has 0 amide bonds. The van der Waals surface area contributed by atoms with Crippen LogP contribution in [0, 0.1) is 5.41 Å². The maximum atomic E-state index is 12.3. The summed E-state index contributed by atoms with van der Waals surface area (Å²) in [5.41, 5.74) is 6.88. The summed E-state index contributed by atoms with van der Waals surface area (Å²) >= 11 is 0. The zero-order valence-corrected chi connectivity index (χ0v) is 12.1. The van der Waals surface area contributed by atoms with E-state index in [2.05, 4.69) is 9.71 Å². The van der Waals surface area contributed by atoms with Crippen molar-refractivity contribution in [2.75, 3.05) is 12.3 Å². The molecule has 0 radical (unpaired) electrons. The van der Waals surface area contributed by atoms with Crippen LogP contribution in [0.1, 0.15) is 20.8 Å². The van der Waals surface area contributed by atoms with Crippen LogP contribution in [0.25, 0.3) is 10.9 Å². The van der Waals surface area contributed by atoms with E-state index in [1.807, 2.05) is 20.8 Å². The summed E-state index contributed by atoms with van der Waals surface area (Å²) in [6, 6.07) is 5.13. The van der Waals surface area contributed by atoms with Crippen LogP contribution in [0.4, 0.5) is 5.69 Å². The molecule has 5 nitrogen and oxygen atoms in total. The Balaban J connectivity index is 2.38. The van der Waals surface area contributed by atoms with Gasteiger partial charge in [-0.2, -0.15) is 0 Å². The van der Waals surface area contributed by atoms with E-state index in [-0.39, 0.29) is 10.3 Å². The van der Waals surface area contributed by atoms with E-state index in [0.29, 0.717) is 17.6 Å². The predicted octanol–water partition coefficient (Wildman–Crippen LogP) is 2.07. The second-order valence-corrected chi connectivity index (χ2v) is 7.58. The Morgan fingerprint density at radius 1 is 1.32 bits per heavy atom. The molecule has 0 aliphatic carbocycles. The molecular weight excluding hydrogens is 262 g/mol. The van der Waals surface area contributed by atoms with E-state index < -0.39 is 10.0 Å². The summed E-state index contributed by atoms with van der Waals surface area (Å²) in [5, 5.41) is 0.649. The Morgan fingerprint density at radius 2 is 2.00 bits per heavy atom. The van der Waals surface area contributed by atoms with Gasteiger partial charge in [0.2, 0.25) is 10.0 Å². The van der Waals surface area contributed by atoms with Crippen LogP contribution < -0.4 is 10.5 Å². The third-order valence-corrected chi connectivity index (χ3v) is 4.19. The van der Waals surface area contributed by atoms with Gasteiger partial charge in [0.05, 0.1) is 0 Å². The van der Waals surface area contributed by atoms with E-state index >= 15 is 0 Å². The Hall–Kier alpha value is -1.53. The van der Waals surface area contributed by atoms with E-state index in [4.69, 9.17) is 5.73 Å². The molecule has 2 rings (SSSR count). The minimum absolute atomic E-state index is 0.108. The smallest absolute Gasteiger partial charge is 0.242 e. The number of anilines is 1. The summed E-state index contributed by atoms with van der Waals surface area (Å²) in [7, 11) is -3.51. The number of aromatic amines is 1. The van der Waals surface area contributed by atoms with Crippen molar-refractivity contribution in [2.45, 2.75) is 25.7 Å². The monoisotopic (exact) mass is 281 g/mol. The molecule has 104 valence electrons. The highest BCUT2D eigenvalue weighted by molar-refractivity contribution is 7.89. The molecule has 0 unspecified atom stereocenters. The van der Waals surface area contributed by atoms with E-state index in [1.165, 1.54) is 6.20 Å². The molecule has 4 N–H and O–H groups in total. The van der Waals surface area contributed by atoms with Gasteiger partial charge < -0.3 is 10.7 Å². The molecule has 1 aromatic heterocycles. The van der Waals surface area contributed by atoms with Gasteiger partial charge in [-0.3, -0.25) is 0 Å². The first-order valence-electron chi connectivity index (χ1n) is 6.05. The van der Waals surface area contributed by atoms with Crippen molar-refractivity contribution < 1.29 is 8.42 Å². The third kappa shape index (κ3) is 3.08. The molecule has 19 heavy (non-hydrogen) atoms. The van der Waals surface area contributed by atoms with Gasteiger partial charge in [0.15, 0.2) is 0 Å². The van der Waals surface area contributed by atoms with E-state index in [9.17, 15) is 8.42 Å². The van der Waals surface area contributed by atoms with Crippen LogP contribution in [-0.2, 0) is 10.0 Å². The van der Waals surface area contributed by atoms with Gasteiger partial charge >= 0.3 is 0 Å². The number of hydrogen-bond acceptors (Lipinski definition) is 3. The minimum atomic E-state index is -3.51. The van der Waals surface area contributed by atoms with Crippen LogP contribution >= 0.6 is 0 Å². The lowest BCUT2D eigenvalue weighted by molar-refractivity contribution is 0.408. The van der Waals surface area contributed by atoms with Crippen molar-refractivity contribution in [1.82, 2.24) is 9.71 Å². The number of rotatable bonds is 3. The quantitative estimate of drug-likeness (QED) is 0.753. The van der Waals surface area contributed by atoms with Crippen LogP contribution in [0.15, 0.2) is 29.3 Å². The average molecular weight is 281 g/mol. The summed E-state index contributed by atoms with van der Waals surface area (Å²) in [4.78, 5) is 3.19. The highest BCUT2D eigenvalue weighted by Crippen LogP contribution is 2.24. The topological polar surface area (TPSA) is 88.0 Å². The van der Waals surface area contributed by atoms with Crippen molar-refractivity contribution in [3.8, 4) is 0 Å². The highest BCUT2D eigenvalue weighted by Gasteiger charge is 2.21. The van der Waals surface area contributed by atoms with Crippen molar-refractivity contribution in [3.63, 3.8) is 0 Å². The van der Waals surface area contributed by atoms with E-state index in [0.717, 1.165) is 5.52 Å². The molecule has 1 heterocycles. The molecule has 0 atom stereocenters. The number of aromatic nitrogens is 1. The number of H-pyrrole nitrogens is 1. The lowest BCUT2D eigenvalue weighted by atomic mass is 9.98. The average Bonchev–Trinajstić information content (AvgIpc) is 2.69. The van der Waals surface area contributed by atoms with Gasteiger partial charge in [-0.25, -0.2) is 13.1 Å². The molecule has 0 bridgehead atoms. The SMILES string of the molecule is CC(C)(C)CNS(=O)(=O)c1c[nH]c2cc(N)ccc12. The Bertz CT molecular complexity index is 696. The number of nitrogens with one attached hydrogen (secondary N) is 2.